The first kappa shape index (κ1) is 17.8. The van der Waals surface area contributed by atoms with E-state index in [1.54, 1.807) is 24.3 Å². The molecular formula is C21H15Cl2FN2O. The van der Waals surface area contributed by atoms with Crippen molar-refractivity contribution >= 4 is 40.6 Å². The second-order valence-electron chi connectivity index (χ2n) is 6.33. The lowest BCUT2D eigenvalue weighted by Crippen LogP contribution is -2.41. The van der Waals surface area contributed by atoms with Gasteiger partial charge in [-0.3, -0.25) is 4.90 Å². The number of amides is 2. The SMILES string of the molecule is Cc1cc(F)ccc1-c1cccc2c1CNC(=O)N2c1c(Cl)cccc1Cl. The van der Waals surface area contributed by atoms with Gasteiger partial charge in [0.25, 0.3) is 0 Å². The molecule has 0 atom stereocenters. The van der Waals surface area contributed by atoms with Gasteiger partial charge in [-0.2, -0.15) is 0 Å². The highest BCUT2D eigenvalue weighted by atomic mass is 35.5. The fourth-order valence-corrected chi connectivity index (χ4v) is 4.00. The van der Waals surface area contributed by atoms with Crippen molar-refractivity contribution in [1.82, 2.24) is 5.32 Å². The van der Waals surface area contributed by atoms with E-state index in [0.717, 1.165) is 22.3 Å². The van der Waals surface area contributed by atoms with Gasteiger partial charge in [-0.25, -0.2) is 9.18 Å². The summed E-state index contributed by atoms with van der Waals surface area (Å²) in [6, 6.07) is 15.2. The van der Waals surface area contributed by atoms with Gasteiger partial charge in [0.1, 0.15) is 5.82 Å². The van der Waals surface area contributed by atoms with E-state index in [1.807, 2.05) is 25.1 Å². The van der Waals surface area contributed by atoms with Gasteiger partial charge in [0, 0.05) is 12.1 Å². The van der Waals surface area contributed by atoms with Crippen LogP contribution in [0.3, 0.4) is 0 Å². The Morgan fingerprint density at radius 3 is 2.41 bits per heavy atom. The molecule has 1 aliphatic heterocycles. The van der Waals surface area contributed by atoms with E-state index < -0.39 is 0 Å². The van der Waals surface area contributed by atoms with Crippen LogP contribution >= 0.6 is 23.2 Å². The Morgan fingerprint density at radius 2 is 1.70 bits per heavy atom. The Labute approximate surface area is 166 Å². The van der Waals surface area contributed by atoms with Crippen LogP contribution in [-0.4, -0.2) is 6.03 Å². The number of para-hydroxylation sites is 1. The van der Waals surface area contributed by atoms with Crippen molar-refractivity contribution < 1.29 is 9.18 Å². The number of hydrogen-bond donors (Lipinski definition) is 1. The summed E-state index contributed by atoms with van der Waals surface area (Å²) in [6.07, 6.45) is 0. The van der Waals surface area contributed by atoms with Crippen molar-refractivity contribution in [3.8, 4) is 11.1 Å². The third-order valence-electron chi connectivity index (χ3n) is 4.65. The van der Waals surface area contributed by atoms with Gasteiger partial charge in [-0.15, -0.1) is 0 Å². The number of rotatable bonds is 2. The van der Waals surface area contributed by atoms with Crippen molar-refractivity contribution in [3.05, 3.63) is 81.6 Å². The van der Waals surface area contributed by atoms with Crippen molar-refractivity contribution in [2.75, 3.05) is 4.90 Å². The minimum Gasteiger partial charge on any atom is -0.333 e. The Kier molecular flexibility index (Phi) is 4.54. The van der Waals surface area contributed by atoms with Gasteiger partial charge in [0.15, 0.2) is 0 Å². The van der Waals surface area contributed by atoms with Crippen LogP contribution in [0.5, 0.6) is 0 Å². The zero-order valence-corrected chi connectivity index (χ0v) is 15.9. The van der Waals surface area contributed by atoms with Crippen LogP contribution in [-0.2, 0) is 6.54 Å². The van der Waals surface area contributed by atoms with E-state index >= 15 is 0 Å². The molecule has 1 aliphatic rings. The van der Waals surface area contributed by atoms with Crippen molar-refractivity contribution in [1.29, 1.82) is 0 Å². The maximum atomic E-state index is 13.5. The number of anilines is 2. The predicted molar refractivity (Wildman–Crippen MR) is 107 cm³/mol. The number of nitrogens with one attached hydrogen (secondary N) is 1. The number of carbonyl (C=O) groups is 1. The second kappa shape index (κ2) is 6.87. The summed E-state index contributed by atoms with van der Waals surface area (Å²) in [5.41, 5.74) is 4.72. The zero-order valence-electron chi connectivity index (χ0n) is 14.4. The number of aryl methyl sites for hydroxylation is 1. The third kappa shape index (κ3) is 3.05. The summed E-state index contributed by atoms with van der Waals surface area (Å²) in [5, 5.41) is 3.64. The summed E-state index contributed by atoms with van der Waals surface area (Å²) in [6.45, 7) is 2.22. The first-order chi connectivity index (χ1) is 13.0. The lowest BCUT2D eigenvalue weighted by Gasteiger charge is -2.32. The van der Waals surface area contributed by atoms with Crippen LogP contribution in [0.4, 0.5) is 20.6 Å². The molecule has 136 valence electrons. The minimum atomic E-state index is -0.300. The average Bonchev–Trinajstić information content (AvgIpc) is 2.63. The molecule has 0 aromatic heterocycles. The Balaban J connectivity index is 1.93. The fraction of sp³-hybridized carbons (Fsp3) is 0.0952. The molecule has 0 saturated carbocycles. The highest BCUT2D eigenvalue weighted by Gasteiger charge is 2.30. The number of benzene rings is 3. The van der Waals surface area contributed by atoms with Crippen LogP contribution in [0, 0.1) is 12.7 Å². The maximum Gasteiger partial charge on any atom is 0.326 e. The lowest BCUT2D eigenvalue weighted by atomic mass is 9.93. The Hall–Kier alpha value is -2.56. The van der Waals surface area contributed by atoms with Gasteiger partial charge in [-0.1, -0.05) is 47.5 Å². The fourth-order valence-electron chi connectivity index (χ4n) is 3.43. The van der Waals surface area contributed by atoms with Gasteiger partial charge in [0.2, 0.25) is 0 Å². The number of halogens is 3. The largest absolute Gasteiger partial charge is 0.333 e. The van der Waals surface area contributed by atoms with Crippen molar-refractivity contribution in [3.63, 3.8) is 0 Å². The molecule has 27 heavy (non-hydrogen) atoms. The van der Waals surface area contributed by atoms with Crippen molar-refractivity contribution in [2.24, 2.45) is 0 Å². The van der Waals surface area contributed by atoms with Gasteiger partial charge in [-0.05, 0) is 53.9 Å². The summed E-state index contributed by atoms with van der Waals surface area (Å²) in [5.74, 6) is -0.279. The van der Waals surface area contributed by atoms with Gasteiger partial charge < -0.3 is 5.32 Å². The molecule has 6 heteroatoms. The molecule has 1 N–H and O–H groups in total. The number of carbonyl (C=O) groups excluding carboxylic acids is 1. The molecule has 1 heterocycles. The Bertz CT molecular complexity index is 1050. The number of fused-ring (bicyclic) bond motifs is 1. The molecule has 3 aromatic carbocycles. The predicted octanol–water partition coefficient (Wildman–Crippen LogP) is 6.47. The van der Waals surface area contributed by atoms with Crippen molar-refractivity contribution in [2.45, 2.75) is 13.5 Å². The highest BCUT2D eigenvalue weighted by molar-refractivity contribution is 6.40. The quantitative estimate of drug-likeness (QED) is 0.525. The monoisotopic (exact) mass is 400 g/mol. The van der Waals surface area contributed by atoms with E-state index in [0.29, 0.717) is 28.0 Å². The zero-order chi connectivity index (χ0) is 19.1. The molecule has 0 radical (unpaired) electrons. The van der Waals surface area contributed by atoms with Gasteiger partial charge >= 0.3 is 6.03 Å². The number of hydrogen-bond acceptors (Lipinski definition) is 1. The van der Waals surface area contributed by atoms with Crippen LogP contribution in [0.15, 0.2) is 54.6 Å². The second-order valence-corrected chi connectivity index (χ2v) is 7.14. The van der Waals surface area contributed by atoms with Gasteiger partial charge in [0.05, 0.1) is 21.4 Å². The molecule has 0 bridgehead atoms. The van der Waals surface area contributed by atoms with E-state index in [4.69, 9.17) is 23.2 Å². The topological polar surface area (TPSA) is 32.3 Å². The summed E-state index contributed by atoms with van der Waals surface area (Å²) in [4.78, 5) is 14.2. The minimum absolute atomic E-state index is 0.279. The maximum absolute atomic E-state index is 13.5. The normalized spacial score (nSPS) is 13.3. The van der Waals surface area contributed by atoms with E-state index in [2.05, 4.69) is 5.32 Å². The molecule has 0 saturated heterocycles. The number of urea groups is 1. The van der Waals surface area contributed by atoms with E-state index in [-0.39, 0.29) is 11.8 Å². The first-order valence-corrected chi connectivity index (χ1v) is 9.13. The van der Waals surface area contributed by atoms with Crippen LogP contribution in [0.25, 0.3) is 11.1 Å². The molecule has 3 aromatic rings. The Morgan fingerprint density at radius 1 is 1.00 bits per heavy atom. The summed E-state index contributed by atoms with van der Waals surface area (Å²) < 4.78 is 13.5. The first-order valence-electron chi connectivity index (χ1n) is 8.38. The van der Waals surface area contributed by atoms with E-state index in [1.165, 1.54) is 17.0 Å². The molecule has 0 fully saturated rings. The standard InChI is InChI=1S/C21H15Cl2FN2O/c1-12-10-13(24)8-9-14(12)15-4-2-7-19-16(15)11-25-21(27)26(19)20-17(22)5-3-6-18(20)23/h2-10H,11H2,1H3,(H,25,27). The van der Waals surface area contributed by atoms with Crippen LogP contribution in [0.1, 0.15) is 11.1 Å². The molecule has 2 amide bonds. The third-order valence-corrected chi connectivity index (χ3v) is 5.26. The van der Waals surface area contributed by atoms with Crippen LogP contribution in [0.2, 0.25) is 10.0 Å². The van der Waals surface area contributed by atoms with Crippen LogP contribution < -0.4 is 10.2 Å². The summed E-state index contributed by atoms with van der Waals surface area (Å²) in [7, 11) is 0. The molecule has 3 nitrogen and oxygen atoms in total. The molecule has 0 spiro atoms. The summed E-state index contributed by atoms with van der Waals surface area (Å²) >= 11 is 12.7. The highest BCUT2D eigenvalue weighted by Crippen LogP contribution is 2.43. The molecular weight excluding hydrogens is 386 g/mol. The average molecular weight is 401 g/mol. The molecule has 0 unspecified atom stereocenters. The van der Waals surface area contributed by atoms with E-state index in [9.17, 15) is 9.18 Å². The lowest BCUT2D eigenvalue weighted by molar-refractivity contribution is 0.247. The molecule has 4 rings (SSSR count). The molecule has 0 aliphatic carbocycles. The number of nitrogens with zero attached hydrogens (tertiary/aromatic N) is 1. The smallest absolute Gasteiger partial charge is 0.326 e.